The van der Waals surface area contributed by atoms with E-state index in [1.807, 2.05) is 30.3 Å². The van der Waals surface area contributed by atoms with E-state index in [1.165, 1.54) is 0 Å². The Bertz CT molecular complexity index is 839. The monoisotopic (exact) mass is 296 g/mol. The van der Waals surface area contributed by atoms with Gasteiger partial charge in [0.25, 0.3) is 5.89 Å². The van der Waals surface area contributed by atoms with Gasteiger partial charge in [-0.05, 0) is 43.5 Å². The standard InChI is InChI=1S/C16H16N4O2/c1-21-11-4-6-12-10(9-11)3-5-13(18-12)14-19-15(20-22-14)16(17)7-2-8-16/h3-6,9H,2,7-8,17H2,1H3. The van der Waals surface area contributed by atoms with Crippen LogP contribution in [0.2, 0.25) is 0 Å². The van der Waals surface area contributed by atoms with Gasteiger partial charge in [-0.15, -0.1) is 0 Å². The van der Waals surface area contributed by atoms with E-state index in [2.05, 4.69) is 15.1 Å². The summed E-state index contributed by atoms with van der Waals surface area (Å²) in [4.78, 5) is 8.99. The van der Waals surface area contributed by atoms with E-state index in [-0.39, 0.29) is 0 Å². The van der Waals surface area contributed by atoms with Crippen LogP contribution < -0.4 is 10.5 Å². The molecule has 6 heteroatoms. The van der Waals surface area contributed by atoms with E-state index in [0.29, 0.717) is 17.4 Å². The smallest absolute Gasteiger partial charge is 0.276 e. The first-order valence-corrected chi connectivity index (χ1v) is 7.26. The molecule has 6 nitrogen and oxygen atoms in total. The van der Waals surface area contributed by atoms with Crippen molar-refractivity contribution in [3.05, 3.63) is 36.2 Å². The van der Waals surface area contributed by atoms with Crippen LogP contribution in [0, 0.1) is 0 Å². The van der Waals surface area contributed by atoms with Gasteiger partial charge in [0, 0.05) is 5.39 Å². The van der Waals surface area contributed by atoms with E-state index in [1.54, 1.807) is 7.11 Å². The molecule has 1 fully saturated rings. The van der Waals surface area contributed by atoms with Crippen LogP contribution in [0.1, 0.15) is 25.1 Å². The predicted octanol–water partition coefficient (Wildman–Crippen LogP) is 2.63. The van der Waals surface area contributed by atoms with Gasteiger partial charge in [-0.25, -0.2) is 4.98 Å². The number of fused-ring (bicyclic) bond motifs is 1. The second kappa shape index (κ2) is 4.78. The van der Waals surface area contributed by atoms with Crippen molar-refractivity contribution in [2.24, 2.45) is 5.73 Å². The minimum Gasteiger partial charge on any atom is -0.497 e. The Kier molecular flexibility index (Phi) is 2.87. The predicted molar refractivity (Wildman–Crippen MR) is 81.3 cm³/mol. The van der Waals surface area contributed by atoms with Crippen molar-refractivity contribution >= 4 is 10.9 Å². The molecule has 2 N–H and O–H groups in total. The van der Waals surface area contributed by atoms with Gasteiger partial charge >= 0.3 is 0 Å². The van der Waals surface area contributed by atoms with Crippen LogP contribution in [0.4, 0.5) is 0 Å². The number of hydrogen-bond acceptors (Lipinski definition) is 6. The van der Waals surface area contributed by atoms with Crippen molar-refractivity contribution in [3.63, 3.8) is 0 Å². The lowest BCUT2D eigenvalue weighted by Crippen LogP contribution is -2.44. The number of nitrogens with two attached hydrogens (primary N) is 1. The Hall–Kier alpha value is -2.47. The molecule has 1 aliphatic carbocycles. The number of methoxy groups -OCH3 is 1. The molecule has 2 aromatic heterocycles. The Morgan fingerprint density at radius 2 is 2.05 bits per heavy atom. The third-order valence-corrected chi connectivity index (χ3v) is 4.23. The molecule has 0 radical (unpaired) electrons. The quantitative estimate of drug-likeness (QED) is 0.799. The summed E-state index contributed by atoms with van der Waals surface area (Å²) in [6.45, 7) is 0. The van der Waals surface area contributed by atoms with Crippen LogP contribution in [-0.2, 0) is 5.54 Å². The molecule has 0 bridgehead atoms. The fraction of sp³-hybridized carbons (Fsp3) is 0.312. The molecule has 3 aromatic rings. The summed E-state index contributed by atoms with van der Waals surface area (Å²) in [5.74, 6) is 1.78. The van der Waals surface area contributed by atoms with Gasteiger partial charge in [-0.2, -0.15) is 4.98 Å². The van der Waals surface area contributed by atoms with Gasteiger partial charge in [0.2, 0.25) is 0 Å². The fourth-order valence-electron chi connectivity index (χ4n) is 2.66. The maximum atomic E-state index is 6.22. The molecule has 0 spiro atoms. The number of hydrogen-bond donors (Lipinski definition) is 1. The average Bonchev–Trinajstić information content (AvgIpc) is 3.01. The van der Waals surface area contributed by atoms with Gasteiger partial charge < -0.3 is 15.0 Å². The summed E-state index contributed by atoms with van der Waals surface area (Å²) in [6, 6.07) is 9.55. The van der Waals surface area contributed by atoms with Crippen LogP contribution in [0.25, 0.3) is 22.5 Å². The van der Waals surface area contributed by atoms with Crippen molar-refractivity contribution in [3.8, 4) is 17.3 Å². The highest BCUT2D eigenvalue weighted by Gasteiger charge is 2.39. The van der Waals surface area contributed by atoms with Gasteiger partial charge in [-0.3, -0.25) is 0 Å². The number of nitrogens with zero attached hydrogens (tertiary/aromatic N) is 3. The third-order valence-electron chi connectivity index (χ3n) is 4.23. The van der Waals surface area contributed by atoms with Crippen LogP contribution in [0.5, 0.6) is 5.75 Å². The lowest BCUT2D eigenvalue weighted by atomic mass is 9.77. The first-order valence-electron chi connectivity index (χ1n) is 7.26. The maximum Gasteiger partial charge on any atom is 0.276 e. The van der Waals surface area contributed by atoms with Crippen molar-refractivity contribution in [1.29, 1.82) is 0 Å². The van der Waals surface area contributed by atoms with E-state index in [0.717, 1.165) is 35.9 Å². The second-order valence-electron chi connectivity index (χ2n) is 5.69. The van der Waals surface area contributed by atoms with Crippen molar-refractivity contribution in [1.82, 2.24) is 15.1 Å². The largest absolute Gasteiger partial charge is 0.497 e. The summed E-state index contributed by atoms with van der Waals surface area (Å²) in [5, 5.41) is 5.02. The SMILES string of the molecule is COc1ccc2nc(-c3nc(C4(N)CCC4)no3)ccc2c1. The lowest BCUT2D eigenvalue weighted by Gasteiger charge is -2.34. The number of benzene rings is 1. The third kappa shape index (κ3) is 2.03. The number of pyridine rings is 1. The molecule has 22 heavy (non-hydrogen) atoms. The summed E-state index contributed by atoms with van der Waals surface area (Å²) in [6.07, 6.45) is 2.91. The van der Waals surface area contributed by atoms with Gasteiger partial charge in [0.1, 0.15) is 11.4 Å². The first kappa shape index (κ1) is 13.2. The molecular weight excluding hydrogens is 280 g/mol. The highest BCUT2D eigenvalue weighted by atomic mass is 16.5. The zero-order valence-corrected chi connectivity index (χ0v) is 12.2. The van der Waals surface area contributed by atoms with Crippen molar-refractivity contribution in [2.75, 3.05) is 7.11 Å². The van der Waals surface area contributed by atoms with E-state index in [4.69, 9.17) is 15.0 Å². The van der Waals surface area contributed by atoms with Gasteiger partial charge in [0.15, 0.2) is 5.82 Å². The molecule has 1 saturated carbocycles. The summed E-state index contributed by atoms with van der Waals surface area (Å²) < 4.78 is 10.6. The van der Waals surface area contributed by atoms with Crippen molar-refractivity contribution < 1.29 is 9.26 Å². The van der Waals surface area contributed by atoms with Gasteiger partial charge in [0.05, 0.1) is 18.2 Å². The second-order valence-corrected chi connectivity index (χ2v) is 5.69. The Balaban J connectivity index is 1.71. The van der Waals surface area contributed by atoms with Crippen LogP contribution in [-0.4, -0.2) is 22.2 Å². The Labute approximate surface area is 127 Å². The van der Waals surface area contributed by atoms with Crippen molar-refractivity contribution in [2.45, 2.75) is 24.8 Å². The Morgan fingerprint density at radius 3 is 2.77 bits per heavy atom. The molecule has 0 amide bonds. The molecule has 0 aliphatic heterocycles. The first-order chi connectivity index (χ1) is 10.7. The number of rotatable bonds is 3. The normalized spacial score (nSPS) is 16.5. The van der Waals surface area contributed by atoms with Crippen LogP contribution >= 0.6 is 0 Å². The molecule has 1 aromatic carbocycles. The highest BCUT2D eigenvalue weighted by Crippen LogP contribution is 2.37. The van der Waals surface area contributed by atoms with E-state index in [9.17, 15) is 0 Å². The zero-order valence-electron chi connectivity index (χ0n) is 12.2. The van der Waals surface area contributed by atoms with Gasteiger partial charge in [-0.1, -0.05) is 11.2 Å². The lowest BCUT2D eigenvalue weighted by molar-refractivity contribution is 0.229. The molecule has 4 rings (SSSR count). The maximum absolute atomic E-state index is 6.22. The zero-order chi connectivity index (χ0) is 15.2. The van der Waals surface area contributed by atoms with Crippen LogP contribution in [0.3, 0.4) is 0 Å². The highest BCUT2D eigenvalue weighted by molar-refractivity contribution is 5.82. The molecular formula is C16H16N4O2. The Morgan fingerprint density at radius 1 is 1.18 bits per heavy atom. The summed E-state index contributed by atoms with van der Waals surface area (Å²) in [7, 11) is 1.64. The molecule has 2 heterocycles. The molecule has 1 aliphatic rings. The molecule has 0 atom stereocenters. The fourth-order valence-corrected chi connectivity index (χ4v) is 2.66. The minimum atomic E-state index is -0.425. The van der Waals surface area contributed by atoms with E-state index < -0.39 is 5.54 Å². The topological polar surface area (TPSA) is 87.1 Å². The summed E-state index contributed by atoms with van der Waals surface area (Å²) >= 11 is 0. The molecule has 0 saturated heterocycles. The summed E-state index contributed by atoms with van der Waals surface area (Å²) in [5.41, 5.74) is 7.30. The molecule has 0 unspecified atom stereocenters. The van der Waals surface area contributed by atoms with Crippen LogP contribution in [0.15, 0.2) is 34.9 Å². The average molecular weight is 296 g/mol. The number of ether oxygens (including phenoxy) is 1. The molecule has 112 valence electrons. The minimum absolute atomic E-state index is 0.407. The van der Waals surface area contributed by atoms with E-state index >= 15 is 0 Å². The number of aromatic nitrogens is 3.